The molecule has 0 fully saturated rings. The van der Waals surface area contributed by atoms with E-state index in [0.717, 1.165) is 13.2 Å². The van der Waals surface area contributed by atoms with Crippen LogP contribution in [0.2, 0.25) is 0 Å². The van der Waals surface area contributed by atoms with Gasteiger partial charge in [-0.05, 0) is 18.1 Å². The second-order valence-corrected chi connectivity index (χ2v) is 6.09. The van der Waals surface area contributed by atoms with E-state index in [-0.39, 0.29) is 42.5 Å². The predicted molar refractivity (Wildman–Crippen MR) is 104 cm³/mol. The Hall–Kier alpha value is -3.69. The third-order valence-corrected chi connectivity index (χ3v) is 4.09. The maximum Gasteiger partial charge on any atom is 0.345 e. The van der Waals surface area contributed by atoms with Crippen molar-refractivity contribution in [1.82, 2.24) is 5.32 Å². The molecule has 0 aliphatic rings. The zero-order chi connectivity index (χ0) is 22.1. The molecule has 10 heteroatoms. The van der Waals surface area contributed by atoms with Crippen LogP contribution in [0.25, 0.3) is 0 Å². The molecule has 0 heterocycles. The summed E-state index contributed by atoms with van der Waals surface area (Å²) in [6.07, 6.45) is 0.322. The van der Waals surface area contributed by atoms with Gasteiger partial charge in [0, 0.05) is 12.6 Å². The molecular weight excluding hydrogens is 399 g/mol. The number of ether oxygens (including phenoxy) is 3. The highest BCUT2D eigenvalue weighted by atomic mass is 19.1. The van der Waals surface area contributed by atoms with Crippen molar-refractivity contribution in [2.45, 2.75) is 12.8 Å². The summed E-state index contributed by atoms with van der Waals surface area (Å²) >= 11 is 0. The lowest BCUT2D eigenvalue weighted by molar-refractivity contribution is -0.385. The molecule has 0 saturated heterocycles. The second-order valence-electron chi connectivity index (χ2n) is 6.09. The van der Waals surface area contributed by atoms with E-state index in [1.54, 1.807) is 12.1 Å². The Morgan fingerprint density at radius 2 is 1.90 bits per heavy atom. The van der Waals surface area contributed by atoms with Gasteiger partial charge in [-0.3, -0.25) is 14.9 Å². The number of carbonyl (C=O) groups is 2. The summed E-state index contributed by atoms with van der Waals surface area (Å²) in [5.41, 5.74) is -0.430. The Labute approximate surface area is 171 Å². The monoisotopic (exact) mass is 420 g/mol. The lowest BCUT2D eigenvalue weighted by Gasteiger charge is -2.12. The Morgan fingerprint density at radius 1 is 1.17 bits per heavy atom. The molecule has 160 valence electrons. The molecule has 0 atom stereocenters. The van der Waals surface area contributed by atoms with Gasteiger partial charge in [-0.1, -0.05) is 18.2 Å². The quantitative estimate of drug-likeness (QED) is 0.272. The van der Waals surface area contributed by atoms with E-state index in [4.69, 9.17) is 9.47 Å². The van der Waals surface area contributed by atoms with E-state index in [1.807, 2.05) is 0 Å². The molecule has 1 amide bonds. The molecule has 2 rings (SSSR count). The SMILES string of the molecule is COC(=O)c1cc(OCCCNC(=O)Cc2ccccc2F)c(OC)cc1[N+](=O)[O-]. The highest BCUT2D eigenvalue weighted by Gasteiger charge is 2.25. The van der Waals surface area contributed by atoms with Gasteiger partial charge in [0.25, 0.3) is 5.69 Å². The van der Waals surface area contributed by atoms with Crippen LogP contribution >= 0.6 is 0 Å². The number of nitro groups is 1. The summed E-state index contributed by atoms with van der Waals surface area (Å²) in [6.45, 7) is 0.404. The van der Waals surface area contributed by atoms with Gasteiger partial charge in [-0.15, -0.1) is 0 Å². The first-order chi connectivity index (χ1) is 14.4. The lowest BCUT2D eigenvalue weighted by Crippen LogP contribution is -2.27. The normalized spacial score (nSPS) is 10.2. The third-order valence-electron chi connectivity index (χ3n) is 4.09. The minimum absolute atomic E-state index is 0.0772. The van der Waals surface area contributed by atoms with Crippen LogP contribution in [0, 0.1) is 15.9 Å². The van der Waals surface area contributed by atoms with Crippen LogP contribution in [-0.4, -0.2) is 44.2 Å². The van der Waals surface area contributed by atoms with Gasteiger partial charge in [0.1, 0.15) is 11.4 Å². The topological polar surface area (TPSA) is 117 Å². The van der Waals surface area contributed by atoms with Crippen molar-refractivity contribution in [3.63, 3.8) is 0 Å². The van der Waals surface area contributed by atoms with Crippen LogP contribution in [-0.2, 0) is 16.0 Å². The molecular formula is C20H21FN2O7. The number of methoxy groups -OCH3 is 2. The molecule has 30 heavy (non-hydrogen) atoms. The number of hydrogen-bond acceptors (Lipinski definition) is 7. The number of nitrogens with zero attached hydrogens (tertiary/aromatic N) is 1. The molecule has 1 N–H and O–H groups in total. The first kappa shape index (κ1) is 22.6. The summed E-state index contributed by atoms with van der Waals surface area (Å²) in [5, 5.41) is 13.8. The van der Waals surface area contributed by atoms with E-state index in [0.29, 0.717) is 12.0 Å². The fourth-order valence-corrected chi connectivity index (χ4v) is 2.61. The van der Waals surface area contributed by atoms with Crippen molar-refractivity contribution in [3.05, 3.63) is 63.5 Å². The van der Waals surface area contributed by atoms with Crippen molar-refractivity contribution >= 4 is 17.6 Å². The molecule has 0 aliphatic heterocycles. The van der Waals surface area contributed by atoms with Crippen molar-refractivity contribution < 1.29 is 33.1 Å². The molecule has 0 unspecified atom stereocenters. The second kappa shape index (κ2) is 10.7. The fourth-order valence-electron chi connectivity index (χ4n) is 2.61. The minimum Gasteiger partial charge on any atom is -0.493 e. The molecule has 0 bridgehead atoms. The lowest BCUT2D eigenvalue weighted by atomic mass is 10.1. The van der Waals surface area contributed by atoms with Crippen LogP contribution in [0.3, 0.4) is 0 Å². The van der Waals surface area contributed by atoms with Crippen LogP contribution in [0.5, 0.6) is 11.5 Å². The molecule has 0 aromatic heterocycles. The number of benzene rings is 2. The Bertz CT molecular complexity index is 933. The highest BCUT2D eigenvalue weighted by Crippen LogP contribution is 2.35. The summed E-state index contributed by atoms with van der Waals surface area (Å²) in [7, 11) is 2.42. The van der Waals surface area contributed by atoms with Gasteiger partial charge in [0.2, 0.25) is 5.91 Å². The molecule has 2 aromatic carbocycles. The molecule has 0 aliphatic carbocycles. The number of esters is 1. The minimum atomic E-state index is -0.880. The fraction of sp³-hybridized carbons (Fsp3) is 0.300. The van der Waals surface area contributed by atoms with Gasteiger partial charge in [-0.2, -0.15) is 0 Å². The Balaban J connectivity index is 1.92. The van der Waals surface area contributed by atoms with Gasteiger partial charge >= 0.3 is 5.97 Å². The molecule has 0 saturated carbocycles. The molecule has 0 spiro atoms. The number of nitro benzene ring substituents is 1. The van der Waals surface area contributed by atoms with Gasteiger partial charge in [0.05, 0.1) is 38.2 Å². The summed E-state index contributed by atoms with van der Waals surface area (Å²) in [4.78, 5) is 34.2. The van der Waals surface area contributed by atoms with E-state index >= 15 is 0 Å². The maximum atomic E-state index is 13.6. The number of hydrogen-bond donors (Lipinski definition) is 1. The predicted octanol–water partition coefficient (Wildman–Crippen LogP) is 2.66. The number of rotatable bonds is 10. The van der Waals surface area contributed by atoms with Crippen molar-refractivity contribution in [1.29, 1.82) is 0 Å². The van der Waals surface area contributed by atoms with Gasteiger partial charge in [-0.25, -0.2) is 9.18 Å². The number of nitrogens with one attached hydrogen (secondary N) is 1. The van der Waals surface area contributed by atoms with Crippen LogP contribution in [0.4, 0.5) is 10.1 Å². The average Bonchev–Trinajstić information content (AvgIpc) is 2.73. The highest BCUT2D eigenvalue weighted by molar-refractivity contribution is 5.95. The molecule has 0 radical (unpaired) electrons. The number of amides is 1. The van der Waals surface area contributed by atoms with Crippen molar-refractivity contribution in [2.75, 3.05) is 27.4 Å². The third kappa shape index (κ3) is 5.90. The van der Waals surface area contributed by atoms with E-state index in [1.165, 1.54) is 25.3 Å². The van der Waals surface area contributed by atoms with Crippen molar-refractivity contribution in [2.24, 2.45) is 0 Å². The van der Waals surface area contributed by atoms with Crippen molar-refractivity contribution in [3.8, 4) is 11.5 Å². The van der Waals surface area contributed by atoms with Crippen LogP contribution in [0.15, 0.2) is 36.4 Å². The average molecular weight is 420 g/mol. The standard InChI is InChI=1S/C20H21FN2O7/c1-28-17-12-16(23(26)27)14(20(25)29-2)11-18(17)30-9-5-8-22-19(24)10-13-6-3-4-7-15(13)21/h3-4,6-7,11-12H,5,8-10H2,1-2H3,(H,22,24). The Kier molecular flexibility index (Phi) is 8.09. The number of halogens is 1. The zero-order valence-corrected chi connectivity index (χ0v) is 16.5. The van der Waals surface area contributed by atoms with Crippen LogP contribution < -0.4 is 14.8 Å². The number of carbonyl (C=O) groups excluding carboxylic acids is 2. The van der Waals surface area contributed by atoms with Gasteiger partial charge < -0.3 is 19.5 Å². The van der Waals surface area contributed by atoms with E-state index < -0.39 is 22.4 Å². The molecule has 2 aromatic rings. The summed E-state index contributed by atoms with van der Waals surface area (Å²) < 4.78 is 28.8. The smallest absolute Gasteiger partial charge is 0.345 e. The van der Waals surface area contributed by atoms with E-state index in [9.17, 15) is 24.1 Å². The van der Waals surface area contributed by atoms with Gasteiger partial charge in [0.15, 0.2) is 11.5 Å². The summed E-state index contributed by atoms with van der Waals surface area (Å²) in [5.74, 6) is -1.45. The first-order valence-electron chi connectivity index (χ1n) is 8.95. The van der Waals surface area contributed by atoms with Crippen LogP contribution in [0.1, 0.15) is 22.3 Å². The summed E-state index contributed by atoms with van der Waals surface area (Å²) in [6, 6.07) is 8.29. The largest absolute Gasteiger partial charge is 0.493 e. The molecule has 9 nitrogen and oxygen atoms in total. The van der Waals surface area contributed by atoms with E-state index in [2.05, 4.69) is 10.1 Å². The Morgan fingerprint density at radius 3 is 2.53 bits per heavy atom. The zero-order valence-electron chi connectivity index (χ0n) is 16.5. The first-order valence-corrected chi connectivity index (χ1v) is 8.95. The maximum absolute atomic E-state index is 13.6.